The van der Waals surface area contributed by atoms with Crippen molar-refractivity contribution in [1.82, 2.24) is 5.32 Å². The molecule has 3 aromatic rings. The van der Waals surface area contributed by atoms with E-state index in [0.717, 1.165) is 0 Å². The first kappa shape index (κ1) is 19.5. The highest BCUT2D eigenvalue weighted by atomic mass is 35.5. The molecule has 2 N–H and O–H groups in total. The predicted molar refractivity (Wildman–Crippen MR) is 110 cm³/mol. The SMILES string of the molecule is O=C(CCNC(=O)c1ccccc1)Nc1ccc(Oc2ccccc2Cl)cc1. The van der Waals surface area contributed by atoms with Crippen LogP contribution in [-0.4, -0.2) is 18.4 Å². The summed E-state index contributed by atoms with van der Waals surface area (Å²) in [5.74, 6) is 0.791. The number of carbonyl (C=O) groups is 2. The number of anilines is 1. The van der Waals surface area contributed by atoms with Gasteiger partial charge >= 0.3 is 0 Å². The lowest BCUT2D eigenvalue weighted by Gasteiger charge is -2.09. The topological polar surface area (TPSA) is 67.4 Å². The molecule has 0 bridgehead atoms. The zero-order valence-electron chi connectivity index (χ0n) is 15.0. The maximum atomic E-state index is 12.0. The highest BCUT2D eigenvalue weighted by Crippen LogP contribution is 2.29. The highest BCUT2D eigenvalue weighted by Gasteiger charge is 2.07. The molecule has 2 amide bonds. The molecule has 0 spiro atoms. The molecule has 3 aromatic carbocycles. The number of amides is 2. The molecule has 0 radical (unpaired) electrons. The van der Waals surface area contributed by atoms with Gasteiger partial charge in [-0.05, 0) is 48.5 Å². The van der Waals surface area contributed by atoms with Gasteiger partial charge in [0.15, 0.2) is 0 Å². The molecule has 3 rings (SSSR count). The number of halogens is 1. The normalized spacial score (nSPS) is 10.2. The fourth-order valence-electron chi connectivity index (χ4n) is 2.47. The Morgan fingerprint density at radius 3 is 2.25 bits per heavy atom. The number of hydrogen-bond donors (Lipinski definition) is 2. The minimum Gasteiger partial charge on any atom is -0.456 e. The molecule has 0 fully saturated rings. The third-order valence-corrected chi connectivity index (χ3v) is 4.19. The van der Waals surface area contributed by atoms with Crippen LogP contribution in [0.5, 0.6) is 11.5 Å². The molecule has 0 aliphatic heterocycles. The second-order valence-electron chi connectivity index (χ2n) is 5.98. The minimum atomic E-state index is -0.200. The summed E-state index contributed by atoms with van der Waals surface area (Å²) in [7, 11) is 0. The molecular weight excluding hydrogens is 376 g/mol. The Labute approximate surface area is 168 Å². The number of ether oxygens (including phenoxy) is 1. The van der Waals surface area contributed by atoms with Gasteiger partial charge in [-0.1, -0.05) is 41.9 Å². The fourth-order valence-corrected chi connectivity index (χ4v) is 2.64. The van der Waals surface area contributed by atoms with E-state index in [1.807, 2.05) is 18.2 Å². The number of hydrogen-bond acceptors (Lipinski definition) is 3. The van der Waals surface area contributed by atoms with Crippen molar-refractivity contribution in [1.29, 1.82) is 0 Å². The van der Waals surface area contributed by atoms with Crippen LogP contribution in [0.3, 0.4) is 0 Å². The molecule has 0 aliphatic rings. The van der Waals surface area contributed by atoms with Crippen molar-refractivity contribution in [3.63, 3.8) is 0 Å². The van der Waals surface area contributed by atoms with Gasteiger partial charge in [0, 0.05) is 24.2 Å². The quantitative estimate of drug-likeness (QED) is 0.599. The summed E-state index contributed by atoms with van der Waals surface area (Å²) in [4.78, 5) is 24.0. The van der Waals surface area contributed by atoms with E-state index in [1.54, 1.807) is 60.7 Å². The Bertz CT molecular complexity index is 944. The smallest absolute Gasteiger partial charge is 0.251 e. The molecule has 28 heavy (non-hydrogen) atoms. The first-order chi connectivity index (χ1) is 13.6. The third-order valence-electron chi connectivity index (χ3n) is 3.88. The van der Waals surface area contributed by atoms with Gasteiger partial charge in [0.05, 0.1) is 5.02 Å². The van der Waals surface area contributed by atoms with Crippen LogP contribution >= 0.6 is 11.6 Å². The zero-order chi connectivity index (χ0) is 19.8. The maximum absolute atomic E-state index is 12.0. The molecule has 142 valence electrons. The molecular formula is C22H19ClN2O3. The number of para-hydroxylation sites is 1. The van der Waals surface area contributed by atoms with E-state index in [1.165, 1.54) is 0 Å². The molecule has 0 heterocycles. The van der Waals surface area contributed by atoms with Gasteiger partial charge in [0.1, 0.15) is 11.5 Å². The number of benzene rings is 3. The van der Waals surface area contributed by atoms with Gasteiger partial charge in [-0.25, -0.2) is 0 Å². The van der Waals surface area contributed by atoms with Crippen molar-refractivity contribution in [2.45, 2.75) is 6.42 Å². The van der Waals surface area contributed by atoms with Crippen LogP contribution in [0.1, 0.15) is 16.8 Å². The molecule has 0 saturated carbocycles. The lowest BCUT2D eigenvalue weighted by Crippen LogP contribution is -2.27. The van der Waals surface area contributed by atoms with Gasteiger partial charge in [-0.2, -0.15) is 0 Å². The number of rotatable bonds is 7. The Hall–Kier alpha value is -3.31. The summed E-state index contributed by atoms with van der Waals surface area (Å²) in [6.45, 7) is 0.257. The average molecular weight is 395 g/mol. The molecule has 0 aromatic heterocycles. The van der Waals surface area contributed by atoms with Gasteiger partial charge < -0.3 is 15.4 Å². The lowest BCUT2D eigenvalue weighted by molar-refractivity contribution is -0.116. The molecule has 0 atom stereocenters. The van der Waals surface area contributed by atoms with Gasteiger partial charge in [-0.15, -0.1) is 0 Å². The van der Waals surface area contributed by atoms with Crippen molar-refractivity contribution in [2.75, 3.05) is 11.9 Å². The number of nitrogens with one attached hydrogen (secondary N) is 2. The highest BCUT2D eigenvalue weighted by molar-refractivity contribution is 6.32. The number of carbonyl (C=O) groups excluding carboxylic acids is 2. The second-order valence-corrected chi connectivity index (χ2v) is 6.38. The van der Waals surface area contributed by atoms with Crippen LogP contribution in [-0.2, 0) is 4.79 Å². The van der Waals surface area contributed by atoms with Crippen molar-refractivity contribution < 1.29 is 14.3 Å². The minimum absolute atomic E-state index is 0.177. The maximum Gasteiger partial charge on any atom is 0.251 e. The van der Waals surface area contributed by atoms with Crippen molar-refractivity contribution in [3.8, 4) is 11.5 Å². The van der Waals surface area contributed by atoms with Crippen LogP contribution in [0.15, 0.2) is 78.9 Å². The van der Waals surface area contributed by atoms with Crippen molar-refractivity contribution >= 4 is 29.1 Å². The van der Waals surface area contributed by atoms with Crippen LogP contribution < -0.4 is 15.4 Å². The van der Waals surface area contributed by atoms with Crippen LogP contribution in [0.25, 0.3) is 0 Å². The predicted octanol–water partition coefficient (Wildman–Crippen LogP) is 4.89. The Kier molecular flexibility index (Phi) is 6.65. The van der Waals surface area contributed by atoms with Gasteiger partial charge in [0.25, 0.3) is 5.91 Å². The average Bonchev–Trinajstić information content (AvgIpc) is 2.72. The van der Waals surface area contributed by atoms with E-state index in [0.29, 0.717) is 27.8 Å². The Balaban J connectivity index is 1.45. The largest absolute Gasteiger partial charge is 0.456 e. The summed E-state index contributed by atoms with van der Waals surface area (Å²) in [6, 6.07) is 23.1. The van der Waals surface area contributed by atoms with E-state index in [2.05, 4.69) is 10.6 Å². The van der Waals surface area contributed by atoms with E-state index in [4.69, 9.17) is 16.3 Å². The van der Waals surface area contributed by atoms with E-state index in [9.17, 15) is 9.59 Å². The van der Waals surface area contributed by atoms with Gasteiger partial charge in [-0.3, -0.25) is 9.59 Å². The third kappa shape index (κ3) is 5.59. The molecule has 5 nitrogen and oxygen atoms in total. The van der Waals surface area contributed by atoms with Crippen molar-refractivity contribution in [2.24, 2.45) is 0 Å². The molecule has 0 unspecified atom stereocenters. The van der Waals surface area contributed by atoms with Crippen LogP contribution in [0.2, 0.25) is 5.02 Å². The molecule has 6 heteroatoms. The summed E-state index contributed by atoms with van der Waals surface area (Å²) in [5.41, 5.74) is 1.21. The lowest BCUT2D eigenvalue weighted by atomic mass is 10.2. The van der Waals surface area contributed by atoms with Gasteiger partial charge in [0.2, 0.25) is 5.91 Å². The second kappa shape index (κ2) is 9.58. The summed E-state index contributed by atoms with van der Waals surface area (Å²) < 4.78 is 5.71. The molecule has 0 aliphatic carbocycles. The molecule has 0 saturated heterocycles. The summed E-state index contributed by atoms with van der Waals surface area (Å²) in [6.07, 6.45) is 0.177. The first-order valence-electron chi connectivity index (χ1n) is 8.77. The Morgan fingerprint density at radius 1 is 0.857 bits per heavy atom. The van der Waals surface area contributed by atoms with E-state index >= 15 is 0 Å². The fraction of sp³-hybridized carbons (Fsp3) is 0.0909. The monoisotopic (exact) mass is 394 g/mol. The van der Waals surface area contributed by atoms with Crippen molar-refractivity contribution in [3.05, 3.63) is 89.4 Å². The van der Waals surface area contributed by atoms with Crippen LogP contribution in [0, 0.1) is 0 Å². The zero-order valence-corrected chi connectivity index (χ0v) is 15.8. The van der Waals surface area contributed by atoms with E-state index < -0.39 is 0 Å². The Morgan fingerprint density at radius 2 is 1.54 bits per heavy atom. The van der Waals surface area contributed by atoms with Crippen LogP contribution in [0.4, 0.5) is 5.69 Å². The first-order valence-corrected chi connectivity index (χ1v) is 9.15. The standard InChI is InChI=1S/C22H19ClN2O3/c23-19-8-4-5-9-20(19)28-18-12-10-17(11-13-18)25-21(26)14-15-24-22(27)16-6-2-1-3-7-16/h1-13H,14-15H2,(H,24,27)(H,25,26). The summed E-state index contributed by atoms with van der Waals surface area (Å²) >= 11 is 6.07. The summed E-state index contributed by atoms with van der Waals surface area (Å²) in [5, 5.41) is 6.04. The van der Waals surface area contributed by atoms with E-state index in [-0.39, 0.29) is 24.8 Å².